The van der Waals surface area contributed by atoms with Crippen LogP contribution in [0, 0.1) is 0 Å². The summed E-state index contributed by atoms with van der Waals surface area (Å²) in [5.41, 5.74) is 4.13. The van der Waals surface area contributed by atoms with E-state index >= 15 is 0 Å². The maximum absolute atomic E-state index is 11.7. The molecule has 188 valence electrons. The molecule has 0 spiro atoms. The molecule has 0 bridgehead atoms. The van der Waals surface area contributed by atoms with Crippen molar-refractivity contribution < 1.29 is 19.4 Å². The number of benzene rings is 2. The number of rotatable bonds is 12. The Hall–Kier alpha value is -3.02. The SMILES string of the molecule is CCCCCOC(=O)c1ccc(N(C)C)cc1.CCCCCc1cc(N(C)C)ccc1C(=O)O. The fraction of sp³-hybridized carbons (Fsp3) is 0.500. The van der Waals surface area contributed by atoms with Gasteiger partial charge in [-0.1, -0.05) is 39.5 Å². The third-order valence-corrected chi connectivity index (χ3v) is 5.49. The lowest BCUT2D eigenvalue weighted by Gasteiger charge is -2.15. The molecule has 0 unspecified atom stereocenters. The van der Waals surface area contributed by atoms with Gasteiger partial charge in [0.2, 0.25) is 0 Å². The molecule has 0 saturated carbocycles. The highest BCUT2D eigenvalue weighted by atomic mass is 16.5. The van der Waals surface area contributed by atoms with Gasteiger partial charge in [0.1, 0.15) is 0 Å². The highest BCUT2D eigenvalue weighted by Gasteiger charge is 2.11. The topological polar surface area (TPSA) is 70.1 Å². The number of carboxylic acid groups (broad SMARTS) is 1. The molecule has 1 N–H and O–H groups in total. The van der Waals surface area contributed by atoms with Gasteiger partial charge in [-0.15, -0.1) is 0 Å². The minimum atomic E-state index is -0.832. The van der Waals surface area contributed by atoms with Crippen molar-refractivity contribution in [3.63, 3.8) is 0 Å². The standard InChI is InChI=1S/2C14H21NO2/c1-4-5-6-11-17-14(16)12-7-9-13(10-8-12)15(2)3;1-4-5-6-7-11-10-12(15(2)3)8-9-13(11)14(16)17/h7-10H,4-6,11H2,1-3H3;8-10H,4-7H2,1-3H3,(H,16,17). The second-order valence-corrected chi connectivity index (χ2v) is 8.78. The number of anilines is 2. The smallest absolute Gasteiger partial charge is 0.338 e. The van der Waals surface area contributed by atoms with Gasteiger partial charge in [0.05, 0.1) is 17.7 Å². The van der Waals surface area contributed by atoms with Crippen LogP contribution in [0.1, 0.15) is 78.7 Å². The summed E-state index contributed by atoms with van der Waals surface area (Å²) in [7, 11) is 7.87. The maximum atomic E-state index is 11.7. The summed E-state index contributed by atoms with van der Waals surface area (Å²) in [6, 6.07) is 13.0. The van der Waals surface area contributed by atoms with Gasteiger partial charge in [0.25, 0.3) is 0 Å². The normalized spacial score (nSPS) is 10.2. The van der Waals surface area contributed by atoms with Crippen LogP contribution < -0.4 is 9.80 Å². The van der Waals surface area contributed by atoms with Crippen LogP contribution in [0.4, 0.5) is 11.4 Å². The minimum Gasteiger partial charge on any atom is -0.478 e. The molecule has 2 aromatic rings. The minimum absolute atomic E-state index is 0.230. The van der Waals surface area contributed by atoms with E-state index in [2.05, 4.69) is 13.8 Å². The Bertz CT molecular complexity index is 876. The molecule has 6 nitrogen and oxygen atoms in total. The van der Waals surface area contributed by atoms with E-state index in [0.29, 0.717) is 17.7 Å². The van der Waals surface area contributed by atoms with Crippen molar-refractivity contribution in [2.45, 2.75) is 58.8 Å². The van der Waals surface area contributed by atoms with Crippen molar-refractivity contribution >= 4 is 23.3 Å². The van der Waals surface area contributed by atoms with Gasteiger partial charge in [-0.2, -0.15) is 0 Å². The maximum Gasteiger partial charge on any atom is 0.338 e. The molecule has 0 aliphatic heterocycles. The molecular formula is C28H42N2O4. The van der Waals surface area contributed by atoms with Crippen LogP contribution in [0.25, 0.3) is 0 Å². The van der Waals surface area contributed by atoms with Crippen molar-refractivity contribution in [3.05, 3.63) is 59.2 Å². The number of carbonyl (C=O) groups is 2. The Kier molecular flexibility index (Phi) is 13.4. The molecule has 0 aliphatic carbocycles. The predicted molar refractivity (Wildman–Crippen MR) is 142 cm³/mol. The van der Waals surface area contributed by atoms with Gasteiger partial charge in [0.15, 0.2) is 0 Å². The number of aromatic carboxylic acids is 1. The molecule has 0 saturated heterocycles. The zero-order chi connectivity index (χ0) is 25.5. The number of esters is 1. The molecule has 0 radical (unpaired) electrons. The van der Waals surface area contributed by atoms with Crippen molar-refractivity contribution in [1.29, 1.82) is 0 Å². The van der Waals surface area contributed by atoms with E-state index < -0.39 is 5.97 Å². The Balaban J connectivity index is 0.000000340. The van der Waals surface area contributed by atoms with E-state index in [1.807, 2.05) is 62.3 Å². The number of hydrogen-bond donors (Lipinski definition) is 1. The highest BCUT2D eigenvalue weighted by molar-refractivity contribution is 5.90. The second kappa shape index (κ2) is 15.8. The third kappa shape index (κ3) is 10.3. The van der Waals surface area contributed by atoms with Crippen molar-refractivity contribution in [2.24, 2.45) is 0 Å². The Labute approximate surface area is 205 Å². The lowest BCUT2D eigenvalue weighted by molar-refractivity contribution is 0.0497. The molecule has 6 heteroatoms. The largest absolute Gasteiger partial charge is 0.478 e. The van der Waals surface area contributed by atoms with Crippen LogP contribution in [-0.4, -0.2) is 51.8 Å². The van der Waals surface area contributed by atoms with Crippen molar-refractivity contribution in [2.75, 3.05) is 44.6 Å². The van der Waals surface area contributed by atoms with E-state index in [0.717, 1.165) is 61.9 Å². The van der Waals surface area contributed by atoms with E-state index in [1.165, 1.54) is 0 Å². The third-order valence-electron chi connectivity index (χ3n) is 5.49. The van der Waals surface area contributed by atoms with E-state index in [9.17, 15) is 9.59 Å². The predicted octanol–water partition coefficient (Wildman–Crippen LogP) is 6.28. The molecule has 0 fully saturated rings. The first-order valence-corrected chi connectivity index (χ1v) is 12.2. The van der Waals surface area contributed by atoms with Crippen molar-refractivity contribution in [1.82, 2.24) is 0 Å². The van der Waals surface area contributed by atoms with Crippen molar-refractivity contribution in [3.8, 4) is 0 Å². The van der Waals surface area contributed by atoms with E-state index in [1.54, 1.807) is 18.2 Å². The number of nitrogens with zero attached hydrogens (tertiary/aromatic N) is 2. The molecule has 0 aromatic heterocycles. The summed E-state index contributed by atoms with van der Waals surface area (Å²) in [6.07, 6.45) is 7.37. The summed E-state index contributed by atoms with van der Waals surface area (Å²) in [5.74, 6) is -1.06. The molecule has 2 rings (SSSR count). The fourth-order valence-electron chi connectivity index (χ4n) is 3.34. The number of aryl methyl sites for hydroxylation is 1. The Morgan fingerprint density at radius 2 is 1.35 bits per heavy atom. The average Bonchev–Trinajstić information content (AvgIpc) is 2.82. The van der Waals surface area contributed by atoms with Crippen LogP contribution in [0.5, 0.6) is 0 Å². The van der Waals surface area contributed by atoms with Crippen LogP contribution in [-0.2, 0) is 11.2 Å². The monoisotopic (exact) mass is 470 g/mol. The first-order chi connectivity index (χ1) is 16.2. The number of unbranched alkanes of at least 4 members (excludes halogenated alkanes) is 4. The molecule has 0 atom stereocenters. The summed E-state index contributed by atoms with van der Waals surface area (Å²) in [4.78, 5) is 26.8. The first kappa shape index (κ1) is 29.0. The van der Waals surface area contributed by atoms with Crippen LogP contribution in [0.15, 0.2) is 42.5 Å². The van der Waals surface area contributed by atoms with E-state index in [-0.39, 0.29) is 5.97 Å². The lowest BCUT2D eigenvalue weighted by atomic mass is 10.0. The quantitative estimate of drug-likeness (QED) is 0.291. The second-order valence-electron chi connectivity index (χ2n) is 8.78. The van der Waals surface area contributed by atoms with Crippen LogP contribution in [0.2, 0.25) is 0 Å². The van der Waals surface area contributed by atoms with Gasteiger partial charge < -0.3 is 19.6 Å². The van der Waals surface area contributed by atoms with Crippen LogP contribution >= 0.6 is 0 Å². The van der Waals surface area contributed by atoms with Gasteiger partial charge in [-0.25, -0.2) is 9.59 Å². The van der Waals surface area contributed by atoms with Gasteiger partial charge in [-0.05, 0) is 67.3 Å². The Morgan fingerprint density at radius 3 is 1.88 bits per heavy atom. The lowest BCUT2D eigenvalue weighted by Crippen LogP contribution is -2.11. The molecule has 2 aromatic carbocycles. The molecule has 34 heavy (non-hydrogen) atoms. The summed E-state index contributed by atoms with van der Waals surface area (Å²) in [5, 5.41) is 9.14. The molecule has 0 amide bonds. The van der Waals surface area contributed by atoms with Gasteiger partial charge >= 0.3 is 11.9 Å². The zero-order valence-corrected chi connectivity index (χ0v) is 21.8. The zero-order valence-electron chi connectivity index (χ0n) is 21.8. The first-order valence-electron chi connectivity index (χ1n) is 12.2. The molecule has 0 heterocycles. The van der Waals surface area contributed by atoms with Gasteiger partial charge in [0, 0.05) is 39.6 Å². The summed E-state index contributed by atoms with van der Waals surface area (Å²) >= 11 is 0. The summed E-state index contributed by atoms with van der Waals surface area (Å²) in [6.45, 7) is 4.79. The van der Waals surface area contributed by atoms with Gasteiger partial charge in [-0.3, -0.25) is 0 Å². The highest BCUT2D eigenvalue weighted by Crippen LogP contribution is 2.20. The number of ether oxygens (including phenoxy) is 1. The Morgan fingerprint density at radius 1 is 0.794 bits per heavy atom. The number of hydrogen-bond acceptors (Lipinski definition) is 5. The fourth-order valence-corrected chi connectivity index (χ4v) is 3.34. The summed E-state index contributed by atoms with van der Waals surface area (Å²) < 4.78 is 5.18. The molecule has 0 aliphatic rings. The average molecular weight is 471 g/mol. The number of carbonyl (C=O) groups excluding carboxylic acids is 1. The van der Waals surface area contributed by atoms with Crippen LogP contribution in [0.3, 0.4) is 0 Å². The number of carboxylic acids is 1. The molecular weight excluding hydrogens is 428 g/mol. The van der Waals surface area contributed by atoms with E-state index in [4.69, 9.17) is 9.84 Å².